The lowest BCUT2D eigenvalue weighted by Crippen LogP contribution is -2.18. The number of benzene rings is 3. The Morgan fingerprint density at radius 3 is 2.29 bits per heavy atom. The average Bonchev–Trinajstić information content (AvgIpc) is 2.69. The van der Waals surface area contributed by atoms with Crippen LogP contribution in [0.1, 0.15) is 10.4 Å². The fourth-order valence-electron chi connectivity index (χ4n) is 2.46. The molecule has 0 heterocycles. The van der Waals surface area contributed by atoms with E-state index in [1.54, 1.807) is 42.5 Å². The second-order valence-electron chi connectivity index (χ2n) is 5.73. The van der Waals surface area contributed by atoms with Gasteiger partial charge in [0.1, 0.15) is 0 Å². The number of hydrogen-bond donors (Lipinski definition) is 2. The Hall–Kier alpha value is -3.72. The Morgan fingerprint density at radius 2 is 1.57 bits per heavy atom. The molecule has 1 amide bonds. The minimum absolute atomic E-state index is 0.0578. The SMILES string of the molecule is O=C(Nc1ccccc1)c1ccccc1NS(=O)(=O)c1cccc([N+](=O)[O-])c1. The Bertz CT molecular complexity index is 1130. The van der Waals surface area contributed by atoms with Crippen molar-refractivity contribution in [2.24, 2.45) is 0 Å². The molecule has 0 fully saturated rings. The molecule has 0 bridgehead atoms. The first-order chi connectivity index (χ1) is 13.4. The first-order valence-electron chi connectivity index (χ1n) is 8.09. The van der Waals surface area contributed by atoms with Gasteiger partial charge in [-0.2, -0.15) is 0 Å². The van der Waals surface area contributed by atoms with Crippen LogP contribution < -0.4 is 10.0 Å². The van der Waals surface area contributed by atoms with Gasteiger partial charge in [0.25, 0.3) is 21.6 Å². The van der Waals surface area contributed by atoms with Crippen LogP contribution in [0.4, 0.5) is 17.1 Å². The standard InChI is InChI=1S/C19H15N3O5S/c23-19(20-14-7-2-1-3-8-14)17-11-4-5-12-18(17)21-28(26,27)16-10-6-9-15(13-16)22(24)25/h1-13,21H,(H,20,23). The van der Waals surface area contributed by atoms with Crippen LogP contribution in [0.5, 0.6) is 0 Å². The van der Waals surface area contributed by atoms with E-state index in [9.17, 15) is 23.3 Å². The van der Waals surface area contributed by atoms with Crippen LogP contribution in [-0.2, 0) is 10.0 Å². The second kappa shape index (κ2) is 7.89. The van der Waals surface area contributed by atoms with E-state index in [1.165, 1.54) is 30.3 Å². The van der Waals surface area contributed by atoms with Crippen molar-refractivity contribution in [3.05, 3.63) is 94.5 Å². The van der Waals surface area contributed by atoms with E-state index < -0.39 is 20.9 Å². The van der Waals surface area contributed by atoms with Gasteiger partial charge in [-0.05, 0) is 30.3 Å². The monoisotopic (exact) mass is 397 g/mol. The minimum atomic E-state index is -4.13. The lowest BCUT2D eigenvalue weighted by atomic mass is 10.1. The van der Waals surface area contributed by atoms with Crippen LogP contribution in [0.3, 0.4) is 0 Å². The van der Waals surface area contributed by atoms with Crippen LogP contribution in [-0.4, -0.2) is 19.2 Å². The third kappa shape index (κ3) is 4.33. The molecule has 3 aromatic rings. The minimum Gasteiger partial charge on any atom is -0.322 e. The molecule has 0 unspecified atom stereocenters. The number of nitrogens with zero attached hydrogens (tertiary/aromatic N) is 1. The summed E-state index contributed by atoms with van der Waals surface area (Å²) in [5, 5.41) is 13.6. The Labute approximate surface area is 161 Å². The van der Waals surface area contributed by atoms with Crippen LogP contribution >= 0.6 is 0 Å². The zero-order valence-electron chi connectivity index (χ0n) is 14.4. The van der Waals surface area contributed by atoms with Crippen molar-refractivity contribution in [1.29, 1.82) is 0 Å². The summed E-state index contributed by atoms with van der Waals surface area (Å²) >= 11 is 0. The smallest absolute Gasteiger partial charge is 0.270 e. The number of anilines is 2. The largest absolute Gasteiger partial charge is 0.322 e. The van der Waals surface area contributed by atoms with E-state index in [2.05, 4.69) is 10.0 Å². The maximum absolute atomic E-state index is 12.6. The molecule has 0 atom stereocenters. The fourth-order valence-corrected chi connectivity index (χ4v) is 3.58. The number of nitrogens with one attached hydrogen (secondary N) is 2. The Morgan fingerprint density at radius 1 is 0.893 bits per heavy atom. The fraction of sp³-hybridized carbons (Fsp3) is 0. The molecule has 0 aliphatic rings. The van der Waals surface area contributed by atoms with Gasteiger partial charge in [-0.3, -0.25) is 19.6 Å². The molecule has 0 radical (unpaired) electrons. The van der Waals surface area contributed by atoms with E-state index in [1.807, 2.05) is 0 Å². The quantitative estimate of drug-likeness (QED) is 0.486. The van der Waals surface area contributed by atoms with Gasteiger partial charge in [-0.15, -0.1) is 0 Å². The summed E-state index contributed by atoms with van der Waals surface area (Å²) in [6.45, 7) is 0. The third-order valence-corrected chi connectivity index (χ3v) is 5.15. The molecule has 142 valence electrons. The van der Waals surface area contributed by atoms with E-state index >= 15 is 0 Å². The number of nitro groups is 1. The number of sulfonamides is 1. The topological polar surface area (TPSA) is 118 Å². The average molecular weight is 397 g/mol. The summed E-state index contributed by atoms with van der Waals surface area (Å²) < 4.78 is 27.6. The summed E-state index contributed by atoms with van der Waals surface area (Å²) in [4.78, 5) is 22.5. The molecule has 28 heavy (non-hydrogen) atoms. The predicted molar refractivity (Wildman–Crippen MR) is 105 cm³/mol. The summed E-state index contributed by atoms with van der Waals surface area (Å²) in [6, 6.07) is 19.5. The molecular weight excluding hydrogens is 382 g/mol. The summed E-state index contributed by atoms with van der Waals surface area (Å²) in [5.74, 6) is -0.497. The second-order valence-corrected chi connectivity index (χ2v) is 7.41. The van der Waals surface area contributed by atoms with Crippen molar-refractivity contribution < 1.29 is 18.1 Å². The summed E-state index contributed by atoms with van der Waals surface area (Å²) in [5.41, 5.74) is 0.379. The van der Waals surface area contributed by atoms with Crippen LogP contribution in [0.15, 0.2) is 83.8 Å². The van der Waals surface area contributed by atoms with Crippen molar-refractivity contribution in [2.45, 2.75) is 4.90 Å². The van der Waals surface area contributed by atoms with Gasteiger partial charge in [-0.1, -0.05) is 36.4 Å². The molecule has 3 rings (SSSR count). The van der Waals surface area contributed by atoms with Gasteiger partial charge in [0.15, 0.2) is 0 Å². The number of hydrogen-bond acceptors (Lipinski definition) is 5. The number of para-hydroxylation sites is 2. The molecule has 0 spiro atoms. The van der Waals surface area contributed by atoms with Crippen molar-refractivity contribution in [3.63, 3.8) is 0 Å². The highest BCUT2D eigenvalue weighted by molar-refractivity contribution is 7.92. The third-order valence-electron chi connectivity index (χ3n) is 3.79. The highest BCUT2D eigenvalue weighted by Crippen LogP contribution is 2.23. The number of carbonyl (C=O) groups excluding carboxylic acids is 1. The number of carbonyl (C=O) groups is 1. The molecule has 2 N–H and O–H groups in total. The van der Waals surface area contributed by atoms with E-state index in [4.69, 9.17) is 0 Å². The highest BCUT2D eigenvalue weighted by atomic mass is 32.2. The van der Waals surface area contributed by atoms with Crippen molar-refractivity contribution in [3.8, 4) is 0 Å². The molecular formula is C19H15N3O5S. The Kier molecular flexibility index (Phi) is 5.37. The van der Waals surface area contributed by atoms with E-state index in [0.29, 0.717) is 5.69 Å². The number of amides is 1. The first kappa shape index (κ1) is 19.1. The molecule has 9 heteroatoms. The molecule has 0 aliphatic carbocycles. The lowest BCUT2D eigenvalue weighted by molar-refractivity contribution is -0.385. The van der Waals surface area contributed by atoms with Gasteiger partial charge in [0.2, 0.25) is 0 Å². The van der Waals surface area contributed by atoms with Crippen molar-refractivity contribution >= 4 is 33.0 Å². The summed E-state index contributed by atoms with van der Waals surface area (Å²) in [7, 11) is -4.13. The number of nitro benzene ring substituents is 1. The molecule has 0 aliphatic heterocycles. The van der Waals surface area contributed by atoms with Gasteiger partial charge >= 0.3 is 0 Å². The molecule has 0 aromatic heterocycles. The van der Waals surface area contributed by atoms with Gasteiger partial charge in [0, 0.05) is 17.8 Å². The maximum Gasteiger partial charge on any atom is 0.270 e. The zero-order valence-corrected chi connectivity index (χ0v) is 15.2. The van der Waals surface area contributed by atoms with E-state index in [-0.39, 0.29) is 21.8 Å². The highest BCUT2D eigenvalue weighted by Gasteiger charge is 2.20. The first-order valence-corrected chi connectivity index (χ1v) is 9.58. The number of rotatable bonds is 6. The van der Waals surface area contributed by atoms with Crippen LogP contribution in [0.25, 0.3) is 0 Å². The normalized spacial score (nSPS) is 10.9. The van der Waals surface area contributed by atoms with Crippen molar-refractivity contribution in [1.82, 2.24) is 0 Å². The lowest BCUT2D eigenvalue weighted by Gasteiger charge is -2.13. The predicted octanol–water partition coefficient (Wildman–Crippen LogP) is 3.65. The molecule has 0 saturated heterocycles. The summed E-state index contributed by atoms with van der Waals surface area (Å²) in [6.07, 6.45) is 0. The van der Waals surface area contributed by atoms with Crippen LogP contribution in [0, 0.1) is 10.1 Å². The molecule has 0 saturated carbocycles. The molecule has 3 aromatic carbocycles. The number of non-ortho nitro benzene ring substituents is 1. The van der Waals surface area contributed by atoms with Crippen molar-refractivity contribution in [2.75, 3.05) is 10.0 Å². The van der Waals surface area contributed by atoms with Gasteiger partial charge in [0.05, 0.1) is 21.1 Å². The van der Waals surface area contributed by atoms with Gasteiger partial charge < -0.3 is 5.32 Å². The molecule has 8 nitrogen and oxygen atoms in total. The Balaban J connectivity index is 1.89. The van der Waals surface area contributed by atoms with Gasteiger partial charge in [-0.25, -0.2) is 8.42 Å². The van der Waals surface area contributed by atoms with E-state index in [0.717, 1.165) is 6.07 Å². The van der Waals surface area contributed by atoms with Crippen LogP contribution in [0.2, 0.25) is 0 Å². The zero-order chi connectivity index (χ0) is 20.1. The maximum atomic E-state index is 12.6.